The lowest BCUT2D eigenvalue weighted by Crippen LogP contribution is -2.21. The Labute approximate surface area is 163 Å². The smallest absolute Gasteiger partial charge is 0.330 e. The topological polar surface area (TPSA) is 76.0 Å². The van der Waals surface area contributed by atoms with Gasteiger partial charge in [0.05, 0.1) is 13.2 Å². The van der Waals surface area contributed by atoms with Gasteiger partial charge in [-0.3, -0.25) is 0 Å². The minimum atomic E-state index is -1.04. The molecule has 0 heterocycles. The van der Waals surface area contributed by atoms with Crippen molar-refractivity contribution in [3.63, 3.8) is 0 Å². The molecule has 0 spiro atoms. The Balaban J connectivity index is 2.16. The van der Waals surface area contributed by atoms with Gasteiger partial charge in [-0.1, -0.05) is 64.0 Å². The van der Waals surface area contributed by atoms with Crippen LogP contribution in [0.4, 0.5) is 0 Å². The molecule has 1 aromatic carbocycles. The van der Waals surface area contributed by atoms with Crippen molar-refractivity contribution in [3.05, 3.63) is 35.9 Å². The highest BCUT2D eigenvalue weighted by atomic mass is 16.5. The molecule has 0 amide bonds. The molecule has 0 saturated heterocycles. The van der Waals surface area contributed by atoms with E-state index in [4.69, 9.17) is 19.7 Å². The molecule has 0 saturated carbocycles. The van der Waals surface area contributed by atoms with Gasteiger partial charge in [0, 0.05) is 6.08 Å². The molecule has 1 unspecified atom stereocenters. The summed E-state index contributed by atoms with van der Waals surface area (Å²) in [6.07, 6.45) is 12.1. The number of unbranched alkanes of at least 4 members (excludes halogenated alkanes) is 7. The van der Waals surface area contributed by atoms with Crippen molar-refractivity contribution in [2.75, 3.05) is 19.8 Å². The second kappa shape index (κ2) is 15.2. The van der Waals surface area contributed by atoms with Gasteiger partial charge in [-0.2, -0.15) is 0 Å². The maximum Gasteiger partial charge on any atom is 0.330 e. The van der Waals surface area contributed by atoms with Crippen LogP contribution in [0.1, 0.15) is 63.9 Å². The number of aliphatic hydroxyl groups is 2. The Kier molecular flexibility index (Phi) is 13.1. The van der Waals surface area contributed by atoms with E-state index in [1.54, 1.807) is 6.08 Å². The minimum absolute atomic E-state index is 0.217. The first kappa shape index (κ1) is 23.2. The largest absolute Gasteiger partial charge is 0.494 e. The number of hydrogen-bond donors (Lipinski definition) is 2. The first-order chi connectivity index (χ1) is 13.2. The van der Waals surface area contributed by atoms with Crippen molar-refractivity contribution < 1.29 is 24.5 Å². The zero-order chi connectivity index (χ0) is 19.7. The van der Waals surface area contributed by atoms with Crippen molar-refractivity contribution in [2.45, 2.75) is 64.4 Å². The summed E-state index contributed by atoms with van der Waals surface area (Å²) in [7, 11) is 0. The van der Waals surface area contributed by atoms with E-state index in [0.29, 0.717) is 0 Å². The molecule has 0 aromatic heterocycles. The molecule has 1 aromatic rings. The highest BCUT2D eigenvalue weighted by Crippen LogP contribution is 2.14. The van der Waals surface area contributed by atoms with Gasteiger partial charge in [-0.05, 0) is 30.2 Å². The molecular weight excluding hydrogens is 344 g/mol. The van der Waals surface area contributed by atoms with Crippen LogP contribution in [0.25, 0.3) is 6.08 Å². The van der Waals surface area contributed by atoms with Crippen LogP contribution in [-0.4, -0.2) is 42.1 Å². The quantitative estimate of drug-likeness (QED) is 0.273. The number of hydrogen-bond acceptors (Lipinski definition) is 5. The van der Waals surface area contributed by atoms with Crippen LogP contribution in [0.5, 0.6) is 5.75 Å². The molecule has 0 radical (unpaired) electrons. The number of aliphatic hydroxyl groups excluding tert-OH is 2. The number of rotatable bonds is 15. The zero-order valence-corrected chi connectivity index (χ0v) is 16.4. The van der Waals surface area contributed by atoms with Gasteiger partial charge in [0.15, 0.2) is 0 Å². The van der Waals surface area contributed by atoms with Gasteiger partial charge >= 0.3 is 5.97 Å². The average Bonchev–Trinajstić information content (AvgIpc) is 2.70. The van der Waals surface area contributed by atoms with Gasteiger partial charge in [-0.25, -0.2) is 4.79 Å². The second-order valence-electron chi connectivity index (χ2n) is 6.69. The van der Waals surface area contributed by atoms with Crippen LogP contribution in [0.3, 0.4) is 0 Å². The van der Waals surface area contributed by atoms with Gasteiger partial charge in [0.2, 0.25) is 0 Å². The number of carbonyl (C=O) groups excluding carboxylic acids is 1. The predicted molar refractivity (Wildman–Crippen MR) is 108 cm³/mol. The van der Waals surface area contributed by atoms with Crippen LogP contribution in [-0.2, 0) is 9.53 Å². The third-order valence-corrected chi connectivity index (χ3v) is 4.19. The Bertz CT molecular complexity index is 524. The predicted octanol–water partition coefficient (Wildman–Crippen LogP) is 4.12. The Hall–Kier alpha value is -1.85. The minimum Gasteiger partial charge on any atom is -0.494 e. The lowest BCUT2D eigenvalue weighted by molar-refractivity contribution is -0.141. The summed E-state index contributed by atoms with van der Waals surface area (Å²) in [5.41, 5.74) is 0.856. The van der Waals surface area contributed by atoms with Crippen LogP contribution < -0.4 is 4.74 Å². The molecule has 0 aliphatic heterocycles. The SMILES string of the molecule is CCCCCCCCCCOc1ccc(/C=C/C(=O)OCC(O)CO)cc1. The summed E-state index contributed by atoms with van der Waals surface area (Å²) < 4.78 is 10.5. The third-order valence-electron chi connectivity index (χ3n) is 4.19. The zero-order valence-electron chi connectivity index (χ0n) is 16.4. The monoisotopic (exact) mass is 378 g/mol. The van der Waals surface area contributed by atoms with E-state index in [1.165, 1.54) is 51.0 Å². The fourth-order valence-corrected chi connectivity index (χ4v) is 2.54. The summed E-state index contributed by atoms with van der Waals surface area (Å²) in [4.78, 5) is 11.5. The highest BCUT2D eigenvalue weighted by Gasteiger charge is 2.04. The fraction of sp³-hybridized carbons (Fsp3) is 0.591. The fourth-order valence-electron chi connectivity index (χ4n) is 2.54. The number of esters is 1. The molecule has 1 rings (SSSR count). The van der Waals surface area contributed by atoms with Gasteiger partial charge < -0.3 is 19.7 Å². The van der Waals surface area contributed by atoms with Crippen molar-refractivity contribution in [1.29, 1.82) is 0 Å². The Morgan fingerprint density at radius 2 is 1.67 bits per heavy atom. The molecule has 2 N–H and O–H groups in total. The third kappa shape index (κ3) is 12.2. The summed E-state index contributed by atoms with van der Waals surface area (Å²) in [5.74, 6) is 0.265. The molecule has 27 heavy (non-hydrogen) atoms. The van der Waals surface area contributed by atoms with Crippen LogP contribution in [0.15, 0.2) is 30.3 Å². The van der Waals surface area contributed by atoms with Gasteiger partial charge in [-0.15, -0.1) is 0 Å². The summed E-state index contributed by atoms with van der Waals surface area (Å²) in [5, 5.41) is 17.8. The number of carbonyl (C=O) groups is 1. The molecule has 5 heteroatoms. The second-order valence-corrected chi connectivity index (χ2v) is 6.69. The maximum atomic E-state index is 11.5. The van der Waals surface area contributed by atoms with E-state index >= 15 is 0 Å². The van der Waals surface area contributed by atoms with E-state index < -0.39 is 18.7 Å². The van der Waals surface area contributed by atoms with Crippen LogP contribution in [0.2, 0.25) is 0 Å². The van der Waals surface area contributed by atoms with Crippen LogP contribution in [0, 0.1) is 0 Å². The average molecular weight is 379 g/mol. The van der Waals surface area contributed by atoms with Gasteiger partial charge in [0.1, 0.15) is 18.5 Å². The van der Waals surface area contributed by atoms with E-state index in [2.05, 4.69) is 6.92 Å². The van der Waals surface area contributed by atoms with Crippen molar-refractivity contribution in [3.8, 4) is 5.75 Å². The Morgan fingerprint density at radius 3 is 2.30 bits per heavy atom. The first-order valence-corrected chi connectivity index (χ1v) is 10.0. The molecule has 1 atom stereocenters. The lowest BCUT2D eigenvalue weighted by atomic mass is 10.1. The lowest BCUT2D eigenvalue weighted by Gasteiger charge is -2.07. The van der Waals surface area contributed by atoms with Crippen molar-refractivity contribution >= 4 is 12.0 Å². The van der Waals surface area contributed by atoms with Gasteiger partial charge in [0.25, 0.3) is 0 Å². The van der Waals surface area contributed by atoms with Crippen LogP contribution >= 0.6 is 0 Å². The molecular formula is C22H34O5. The number of benzene rings is 1. The van der Waals surface area contributed by atoms with E-state index in [9.17, 15) is 4.79 Å². The van der Waals surface area contributed by atoms with Crippen molar-refractivity contribution in [2.24, 2.45) is 0 Å². The Morgan fingerprint density at radius 1 is 1.04 bits per heavy atom. The molecule has 0 bridgehead atoms. The highest BCUT2D eigenvalue weighted by molar-refractivity contribution is 5.87. The van der Waals surface area contributed by atoms with E-state index in [-0.39, 0.29) is 6.61 Å². The normalized spacial score (nSPS) is 12.3. The van der Waals surface area contributed by atoms with E-state index in [0.717, 1.165) is 24.3 Å². The molecule has 0 fully saturated rings. The number of ether oxygens (including phenoxy) is 2. The molecule has 0 aliphatic carbocycles. The summed E-state index contributed by atoms with van der Waals surface area (Å²) >= 11 is 0. The summed E-state index contributed by atoms with van der Waals surface area (Å²) in [6, 6.07) is 7.50. The van der Waals surface area contributed by atoms with Crippen molar-refractivity contribution in [1.82, 2.24) is 0 Å². The molecule has 0 aliphatic rings. The summed E-state index contributed by atoms with van der Waals surface area (Å²) in [6.45, 7) is 2.31. The van der Waals surface area contributed by atoms with E-state index in [1.807, 2.05) is 24.3 Å². The molecule has 5 nitrogen and oxygen atoms in total. The first-order valence-electron chi connectivity index (χ1n) is 10.0. The maximum absolute atomic E-state index is 11.5. The molecule has 152 valence electrons. The standard InChI is InChI=1S/C22H34O5/c1-2-3-4-5-6-7-8-9-16-26-21-13-10-19(11-14-21)12-15-22(25)27-18-20(24)17-23/h10-15,20,23-24H,2-9,16-18H2,1H3/b15-12+.